The fourth-order valence-corrected chi connectivity index (χ4v) is 2.53. The Hall–Kier alpha value is -2.13. The highest BCUT2D eigenvalue weighted by Gasteiger charge is 2.47. The van der Waals surface area contributed by atoms with E-state index in [0.29, 0.717) is 12.1 Å². The van der Waals surface area contributed by atoms with Gasteiger partial charge in [-0.1, -0.05) is 6.08 Å². The van der Waals surface area contributed by atoms with Gasteiger partial charge < -0.3 is 20.1 Å². The second-order valence-corrected chi connectivity index (χ2v) is 5.03. The molecule has 0 radical (unpaired) electrons. The third-order valence-corrected chi connectivity index (χ3v) is 3.46. The van der Waals surface area contributed by atoms with Crippen molar-refractivity contribution in [3.8, 4) is 0 Å². The number of nitrogens with zero attached hydrogens (tertiary/aromatic N) is 2. The van der Waals surface area contributed by atoms with Crippen molar-refractivity contribution in [3.63, 3.8) is 0 Å². The van der Waals surface area contributed by atoms with Gasteiger partial charge in [0.25, 0.3) is 0 Å². The van der Waals surface area contributed by atoms with E-state index in [2.05, 4.69) is 0 Å². The van der Waals surface area contributed by atoms with Crippen molar-refractivity contribution in [3.05, 3.63) is 11.6 Å². The van der Waals surface area contributed by atoms with E-state index < -0.39 is 30.6 Å². The number of urea groups is 1. The van der Waals surface area contributed by atoms with E-state index in [0.717, 1.165) is 5.06 Å². The van der Waals surface area contributed by atoms with Gasteiger partial charge in [0, 0.05) is 7.11 Å². The van der Waals surface area contributed by atoms with Crippen molar-refractivity contribution in [1.29, 1.82) is 0 Å². The number of ether oxygens (including phenoxy) is 2. The zero-order valence-electron chi connectivity index (χ0n) is 12.5. The predicted octanol–water partition coefficient (Wildman–Crippen LogP) is -0.972. The lowest BCUT2D eigenvalue weighted by Crippen LogP contribution is -2.48. The summed E-state index contributed by atoms with van der Waals surface area (Å²) < 4.78 is 9.59. The van der Waals surface area contributed by atoms with Crippen molar-refractivity contribution in [2.24, 2.45) is 5.73 Å². The maximum Gasteiger partial charge on any atom is 0.345 e. The molecule has 0 aromatic heterocycles. The van der Waals surface area contributed by atoms with Crippen LogP contribution in [0.25, 0.3) is 0 Å². The van der Waals surface area contributed by atoms with Gasteiger partial charge in [0.15, 0.2) is 6.61 Å². The summed E-state index contributed by atoms with van der Waals surface area (Å²) in [5.41, 5.74) is 6.01. The summed E-state index contributed by atoms with van der Waals surface area (Å²) in [7, 11) is 1.49. The number of primary amides is 1. The first kappa shape index (κ1) is 16.2. The minimum Gasteiger partial charge on any atom is -0.461 e. The molecule has 3 amide bonds. The average Bonchev–Trinajstić information content (AvgIpc) is 2.69. The number of hydrogen-bond acceptors (Lipinski definition) is 6. The van der Waals surface area contributed by atoms with E-state index >= 15 is 0 Å². The van der Waals surface area contributed by atoms with Crippen LogP contribution in [0.3, 0.4) is 0 Å². The third-order valence-electron chi connectivity index (χ3n) is 3.46. The molecule has 2 aliphatic heterocycles. The zero-order chi connectivity index (χ0) is 16.3. The minimum atomic E-state index is -0.772. The lowest BCUT2D eigenvalue weighted by Gasteiger charge is -2.27. The number of amides is 3. The van der Waals surface area contributed by atoms with Gasteiger partial charge in [0.1, 0.15) is 12.6 Å². The Labute approximate surface area is 127 Å². The summed E-state index contributed by atoms with van der Waals surface area (Å²) in [5, 5.41) is 1.07. The molecule has 1 fully saturated rings. The Morgan fingerprint density at radius 3 is 2.77 bits per heavy atom. The topological polar surface area (TPSA) is 111 Å². The van der Waals surface area contributed by atoms with Gasteiger partial charge in [-0.05, 0) is 12.5 Å². The number of carbonyl (C=O) groups excluding carboxylic acids is 3. The minimum absolute atomic E-state index is 0.116. The van der Waals surface area contributed by atoms with Crippen LogP contribution in [0.5, 0.6) is 0 Å². The summed E-state index contributed by atoms with van der Waals surface area (Å²) in [6.45, 7) is 2.03. The van der Waals surface area contributed by atoms with Gasteiger partial charge in [-0.3, -0.25) is 9.63 Å². The van der Waals surface area contributed by atoms with Crippen LogP contribution in [0.1, 0.15) is 6.92 Å². The smallest absolute Gasteiger partial charge is 0.345 e. The van der Waals surface area contributed by atoms with Crippen molar-refractivity contribution < 1.29 is 28.7 Å². The van der Waals surface area contributed by atoms with E-state index in [9.17, 15) is 14.4 Å². The number of esters is 1. The molecule has 22 heavy (non-hydrogen) atoms. The summed E-state index contributed by atoms with van der Waals surface area (Å²) in [6.07, 6.45) is 1.74. The molecule has 2 bridgehead atoms. The van der Waals surface area contributed by atoms with Crippen LogP contribution in [-0.2, 0) is 23.9 Å². The van der Waals surface area contributed by atoms with Gasteiger partial charge in [0.05, 0.1) is 19.2 Å². The summed E-state index contributed by atoms with van der Waals surface area (Å²) in [5.74, 6) is -1.20. The zero-order valence-corrected chi connectivity index (χ0v) is 12.5. The maximum atomic E-state index is 12.2. The normalized spacial score (nSPS) is 23.5. The van der Waals surface area contributed by atoms with Crippen molar-refractivity contribution in [2.75, 3.05) is 33.5 Å². The van der Waals surface area contributed by atoms with Crippen LogP contribution in [0.15, 0.2) is 11.6 Å². The van der Waals surface area contributed by atoms with Crippen LogP contribution in [0.4, 0.5) is 4.79 Å². The van der Waals surface area contributed by atoms with E-state index in [1.54, 1.807) is 13.0 Å². The van der Waals surface area contributed by atoms with Gasteiger partial charge in [0.2, 0.25) is 5.91 Å². The molecule has 0 aliphatic carbocycles. The molecule has 0 spiro atoms. The maximum absolute atomic E-state index is 12.2. The molecule has 2 aliphatic rings. The molecule has 9 nitrogen and oxygen atoms in total. The number of hydroxylamine groups is 2. The number of hydrogen-bond donors (Lipinski definition) is 1. The van der Waals surface area contributed by atoms with E-state index in [1.807, 2.05) is 0 Å². The summed E-state index contributed by atoms with van der Waals surface area (Å²) in [4.78, 5) is 41.7. The second kappa shape index (κ2) is 6.75. The summed E-state index contributed by atoms with van der Waals surface area (Å²) in [6, 6.07) is -1.62. The van der Waals surface area contributed by atoms with Crippen LogP contribution < -0.4 is 5.73 Å². The number of methoxy groups -OCH3 is 1. The SMILES string of the molecule is COCCOC(=O)CON1C(=O)N2C[C@@H]1C=C(C)[C@H]2C(N)=O. The Bertz CT molecular complexity index is 506. The van der Waals surface area contributed by atoms with Crippen LogP contribution in [0.2, 0.25) is 0 Å². The van der Waals surface area contributed by atoms with Gasteiger partial charge in [-0.15, -0.1) is 0 Å². The molecule has 0 aromatic carbocycles. The quantitative estimate of drug-likeness (QED) is 0.368. The van der Waals surface area contributed by atoms with Crippen molar-refractivity contribution >= 4 is 17.9 Å². The van der Waals surface area contributed by atoms with Crippen molar-refractivity contribution in [1.82, 2.24) is 9.96 Å². The molecule has 0 saturated carbocycles. The Kier molecular flexibility index (Phi) is 4.99. The Morgan fingerprint density at radius 1 is 1.41 bits per heavy atom. The lowest BCUT2D eigenvalue weighted by atomic mass is 10.0. The molecular formula is C13H19N3O6. The number of fused-ring (bicyclic) bond motifs is 2. The molecule has 2 heterocycles. The Morgan fingerprint density at radius 2 is 2.14 bits per heavy atom. The highest BCUT2D eigenvalue weighted by molar-refractivity contribution is 5.90. The first-order valence-electron chi connectivity index (χ1n) is 6.80. The van der Waals surface area contributed by atoms with E-state index in [1.165, 1.54) is 12.0 Å². The first-order valence-corrected chi connectivity index (χ1v) is 6.80. The Balaban J connectivity index is 1.93. The fraction of sp³-hybridized carbons (Fsp3) is 0.615. The standard InChI is InChI=1S/C13H19N3O6/c1-8-5-9-6-15(11(8)12(14)18)13(19)16(9)22-7-10(17)21-4-3-20-2/h5,9,11H,3-4,6-7H2,1-2H3,(H2,14,18)/t9-,11-/m0/s1. The number of carbonyl (C=O) groups is 3. The van der Waals surface area contributed by atoms with E-state index in [4.69, 9.17) is 20.0 Å². The van der Waals surface area contributed by atoms with Gasteiger partial charge >= 0.3 is 12.0 Å². The molecule has 2 rings (SSSR count). The fourth-order valence-electron chi connectivity index (χ4n) is 2.53. The van der Waals surface area contributed by atoms with Crippen LogP contribution in [0, 0.1) is 0 Å². The molecule has 2 atom stereocenters. The number of nitrogens with two attached hydrogens (primary N) is 1. The predicted molar refractivity (Wildman–Crippen MR) is 73.3 cm³/mol. The molecular weight excluding hydrogens is 294 g/mol. The van der Waals surface area contributed by atoms with Crippen LogP contribution >= 0.6 is 0 Å². The average molecular weight is 313 g/mol. The first-order chi connectivity index (χ1) is 10.5. The molecule has 1 saturated heterocycles. The van der Waals surface area contributed by atoms with Crippen molar-refractivity contribution in [2.45, 2.75) is 19.0 Å². The number of rotatable bonds is 7. The van der Waals surface area contributed by atoms with Gasteiger partial charge in [-0.2, -0.15) is 5.06 Å². The second-order valence-electron chi connectivity index (χ2n) is 5.03. The highest BCUT2D eigenvalue weighted by Crippen LogP contribution is 2.29. The van der Waals surface area contributed by atoms with E-state index in [-0.39, 0.29) is 19.3 Å². The van der Waals surface area contributed by atoms with Crippen LogP contribution in [-0.4, -0.2) is 73.4 Å². The molecule has 122 valence electrons. The molecule has 0 unspecified atom stereocenters. The summed E-state index contributed by atoms with van der Waals surface area (Å²) >= 11 is 0. The largest absolute Gasteiger partial charge is 0.461 e. The highest BCUT2D eigenvalue weighted by atomic mass is 16.7. The monoisotopic (exact) mass is 313 g/mol. The molecule has 0 aromatic rings. The lowest BCUT2D eigenvalue weighted by molar-refractivity contribution is -0.170. The third kappa shape index (κ3) is 3.20. The molecule has 9 heteroatoms. The van der Waals surface area contributed by atoms with Gasteiger partial charge in [-0.25, -0.2) is 9.59 Å². The molecule has 2 N–H and O–H groups in total.